The van der Waals surface area contributed by atoms with Crippen LogP contribution in [0.25, 0.3) is 0 Å². The molecular weight excluding hydrogens is 339 g/mol. The maximum atomic E-state index is 13.1. The number of hydrogen-bond acceptors (Lipinski definition) is 1. The van der Waals surface area contributed by atoms with Crippen molar-refractivity contribution >= 4 is 5.97 Å². The highest BCUT2D eigenvalue weighted by Crippen LogP contribution is 2.28. The zero-order valence-electron chi connectivity index (χ0n) is 15.4. The van der Waals surface area contributed by atoms with Crippen molar-refractivity contribution in [3.8, 4) is 0 Å². The van der Waals surface area contributed by atoms with Crippen molar-refractivity contribution in [2.75, 3.05) is 0 Å². The summed E-state index contributed by atoms with van der Waals surface area (Å²) in [5.41, 5.74) is 4.62. The zero-order valence-corrected chi connectivity index (χ0v) is 15.4. The molecule has 0 radical (unpaired) electrons. The van der Waals surface area contributed by atoms with E-state index in [4.69, 9.17) is 0 Å². The lowest BCUT2D eigenvalue weighted by atomic mass is 9.86. The van der Waals surface area contributed by atoms with Crippen molar-refractivity contribution in [1.29, 1.82) is 0 Å². The summed E-state index contributed by atoms with van der Waals surface area (Å²) in [5, 5.41) is 9.27. The van der Waals surface area contributed by atoms with Gasteiger partial charge in [-0.25, -0.2) is 9.18 Å². The Morgan fingerprint density at radius 3 is 2.30 bits per heavy atom. The number of hydrogen-bond donors (Lipinski definition) is 1. The van der Waals surface area contributed by atoms with Gasteiger partial charge in [0.2, 0.25) is 0 Å². The lowest BCUT2D eigenvalue weighted by Gasteiger charge is -2.19. The zero-order chi connectivity index (χ0) is 19.2. The smallest absolute Gasteiger partial charge is 0.335 e. The Hall–Kier alpha value is -2.94. The molecule has 3 rings (SSSR count). The maximum Gasteiger partial charge on any atom is 0.335 e. The maximum absolute atomic E-state index is 13.1. The van der Waals surface area contributed by atoms with E-state index in [1.165, 1.54) is 17.7 Å². The highest BCUT2D eigenvalue weighted by molar-refractivity contribution is 5.89. The van der Waals surface area contributed by atoms with E-state index >= 15 is 0 Å². The van der Waals surface area contributed by atoms with Gasteiger partial charge in [-0.2, -0.15) is 0 Å². The first-order valence-corrected chi connectivity index (χ1v) is 9.15. The third-order valence-corrected chi connectivity index (χ3v) is 4.97. The first-order chi connectivity index (χ1) is 13.0. The summed E-state index contributed by atoms with van der Waals surface area (Å²) in [4.78, 5) is 11.3. The van der Waals surface area contributed by atoms with E-state index in [1.54, 1.807) is 6.07 Å². The van der Waals surface area contributed by atoms with E-state index < -0.39 is 5.97 Å². The van der Waals surface area contributed by atoms with Crippen LogP contribution >= 0.6 is 0 Å². The predicted octanol–water partition coefficient (Wildman–Crippen LogP) is 5.79. The van der Waals surface area contributed by atoms with E-state index in [9.17, 15) is 14.3 Å². The van der Waals surface area contributed by atoms with Gasteiger partial charge >= 0.3 is 5.97 Å². The summed E-state index contributed by atoms with van der Waals surface area (Å²) >= 11 is 0. The summed E-state index contributed by atoms with van der Waals surface area (Å²) < 4.78 is 13.1. The molecule has 138 valence electrons. The quantitative estimate of drug-likeness (QED) is 0.577. The monoisotopic (exact) mass is 362 g/mol. The van der Waals surface area contributed by atoms with Crippen LogP contribution in [0.15, 0.2) is 72.8 Å². The lowest BCUT2D eigenvalue weighted by molar-refractivity contribution is 0.0696. The van der Waals surface area contributed by atoms with Gasteiger partial charge in [-0.05, 0) is 72.6 Å². The molecule has 3 heteroatoms. The molecule has 0 fully saturated rings. The van der Waals surface area contributed by atoms with Gasteiger partial charge in [0.1, 0.15) is 5.82 Å². The third-order valence-electron chi connectivity index (χ3n) is 4.97. The number of aryl methyl sites for hydroxylation is 2. The van der Waals surface area contributed by atoms with Gasteiger partial charge in [0.15, 0.2) is 0 Å². The molecule has 1 atom stereocenters. The van der Waals surface area contributed by atoms with Crippen molar-refractivity contribution < 1.29 is 14.3 Å². The van der Waals surface area contributed by atoms with Gasteiger partial charge < -0.3 is 5.11 Å². The van der Waals surface area contributed by atoms with Gasteiger partial charge in [-0.1, -0.05) is 54.6 Å². The molecule has 0 bridgehead atoms. The second kappa shape index (κ2) is 8.63. The molecule has 27 heavy (non-hydrogen) atoms. The van der Waals surface area contributed by atoms with Crippen molar-refractivity contribution in [3.63, 3.8) is 0 Å². The first-order valence-electron chi connectivity index (χ1n) is 9.15. The number of aromatic carboxylic acids is 1. The van der Waals surface area contributed by atoms with Crippen LogP contribution in [0.4, 0.5) is 4.39 Å². The number of carboxylic acids is 1. The SMILES string of the molecule is Cc1cc(C(CCc2ccc(F)cc2)Cc2ccccc2)ccc1C(=O)O. The molecular formula is C24H23FO2. The summed E-state index contributed by atoms with van der Waals surface area (Å²) in [7, 11) is 0. The molecule has 1 unspecified atom stereocenters. The van der Waals surface area contributed by atoms with Crippen LogP contribution in [0.2, 0.25) is 0 Å². The summed E-state index contributed by atoms with van der Waals surface area (Å²) in [6.07, 6.45) is 2.64. The predicted molar refractivity (Wildman–Crippen MR) is 106 cm³/mol. The molecule has 0 spiro atoms. The van der Waals surface area contributed by atoms with E-state index in [1.807, 2.05) is 49.4 Å². The number of rotatable bonds is 7. The average molecular weight is 362 g/mol. The highest BCUT2D eigenvalue weighted by Gasteiger charge is 2.16. The molecule has 3 aromatic rings. The Morgan fingerprint density at radius 2 is 1.67 bits per heavy atom. The Balaban J connectivity index is 1.83. The van der Waals surface area contributed by atoms with Crippen LogP contribution < -0.4 is 0 Å². The van der Waals surface area contributed by atoms with E-state index in [0.29, 0.717) is 5.56 Å². The second-order valence-corrected chi connectivity index (χ2v) is 6.93. The first kappa shape index (κ1) is 18.8. The van der Waals surface area contributed by atoms with Gasteiger partial charge in [0.05, 0.1) is 5.56 Å². The molecule has 1 N–H and O–H groups in total. The minimum absolute atomic E-state index is 0.223. The third kappa shape index (κ3) is 5.04. The number of carboxylic acid groups (broad SMARTS) is 1. The lowest BCUT2D eigenvalue weighted by Crippen LogP contribution is -2.07. The molecule has 3 aromatic carbocycles. The van der Waals surface area contributed by atoms with Crippen LogP contribution in [-0.4, -0.2) is 11.1 Å². The molecule has 0 aliphatic carbocycles. The minimum Gasteiger partial charge on any atom is -0.478 e. The molecule has 0 aromatic heterocycles. The van der Waals surface area contributed by atoms with Gasteiger partial charge in [0.25, 0.3) is 0 Å². The van der Waals surface area contributed by atoms with Gasteiger partial charge in [-0.15, -0.1) is 0 Å². The Kier molecular flexibility index (Phi) is 6.02. The van der Waals surface area contributed by atoms with Crippen molar-refractivity contribution in [2.24, 2.45) is 0 Å². The average Bonchev–Trinajstić information content (AvgIpc) is 2.67. The van der Waals surface area contributed by atoms with Crippen molar-refractivity contribution in [3.05, 3.63) is 106 Å². The highest BCUT2D eigenvalue weighted by atomic mass is 19.1. The van der Waals surface area contributed by atoms with Gasteiger partial charge in [-0.3, -0.25) is 0 Å². The fourth-order valence-corrected chi connectivity index (χ4v) is 3.46. The number of halogens is 1. The largest absolute Gasteiger partial charge is 0.478 e. The molecule has 0 heterocycles. The van der Waals surface area contributed by atoms with Crippen molar-refractivity contribution in [1.82, 2.24) is 0 Å². The standard InChI is InChI=1S/C24H23FO2/c1-17-15-20(11-14-23(17)24(26)27)21(16-19-5-3-2-4-6-19)10-7-18-8-12-22(25)13-9-18/h2-6,8-9,11-15,21H,7,10,16H2,1H3,(H,26,27). The molecule has 0 aliphatic heterocycles. The van der Waals surface area contributed by atoms with Gasteiger partial charge in [0, 0.05) is 0 Å². The van der Waals surface area contributed by atoms with E-state index in [-0.39, 0.29) is 11.7 Å². The summed E-state index contributed by atoms with van der Waals surface area (Å²) in [5.74, 6) is -0.858. The van der Waals surface area contributed by atoms with Crippen LogP contribution in [-0.2, 0) is 12.8 Å². The number of benzene rings is 3. The molecule has 0 aliphatic rings. The van der Waals surface area contributed by atoms with Crippen LogP contribution in [0.1, 0.15) is 45.0 Å². The Labute approximate surface area is 159 Å². The topological polar surface area (TPSA) is 37.3 Å². The molecule has 2 nitrogen and oxygen atoms in total. The summed E-state index contributed by atoms with van der Waals surface area (Å²) in [6.45, 7) is 1.84. The van der Waals surface area contributed by atoms with Crippen LogP contribution in [0, 0.1) is 12.7 Å². The summed E-state index contributed by atoms with van der Waals surface area (Å²) in [6, 6.07) is 22.5. The van der Waals surface area contributed by atoms with Crippen LogP contribution in [0.5, 0.6) is 0 Å². The fraction of sp³-hybridized carbons (Fsp3) is 0.208. The normalized spacial score (nSPS) is 11.9. The minimum atomic E-state index is -0.898. The van der Waals surface area contributed by atoms with E-state index in [2.05, 4.69) is 12.1 Å². The van der Waals surface area contributed by atoms with Crippen molar-refractivity contribution in [2.45, 2.75) is 32.1 Å². The molecule has 0 amide bonds. The molecule has 0 saturated carbocycles. The second-order valence-electron chi connectivity index (χ2n) is 6.93. The Morgan fingerprint density at radius 1 is 0.963 bits per heavy atom. The van der Waals surface area contributed by atoms with Crippen LogP contribution in [0.3, 0.4) is 0 Å². The fourth-order valence-electron chi connectivity index (χ4n) is 3.46. The Bertz CT molecular complexity index is 901. The number of carbonyl (C=O) groups is 1. The van der Waals surface area contributed by atoms with E-state index in [0.717, 1.165) is 36.0 Å². The molecule has 0 saturated heterocycles.